The molecule has 2 atom stereocenters. The zero-order valence-corrected chi connectivity index (χ0v) is 13.2. The van der Waals surface area contributed by atoms with Crippen molar-refractivity contribution in [1.29, 1.82) is 0 Å². The Kier molecular flexibility index (Phi) is 5.21. The van der Waals surface area contributed by atoms with Crippen LogP contribution in [0.1, 0.15) is 74.8 Å². The Morgan fingerprint density at radius 3 is 2.67 bits per heavy atom. The van der Waals surface area contributed by atoms with Gasteiger partial charge in [0, 0.05) is 11.7 Å². The standard InChI is InChI=1S/C17H26N2O2/c1-11(2)15-9-13(17(20)21)10-16(19-15)18-14-8-6-4-5-7-12(14)3/h9-12,14H,4-8H2,1-3H3,(H,18,19)(H,20,21). The molecule has 1 fully saturated rings. The number of anilines is 1. The first-order chi connectivity index (χ1) is 9.97. The highest BCUT2D eigenvalue weighted by Crippen LogP contribution is 2.26. The number of hydrogen-bond donors (Lipinski definition) is 2. The number of nitrogens with zero attached hydrogens (tertiary/aromatic N) is 1. The van der Waals surface area contributed by atoms with Crippen LogP contribution in [0, 0.1) is 5.92 Å². The lowest BCUT2D eigenvalue weighted by atomic mass is 9.97. The first-order valence-electron chi connectivity index (χ1n) is 7.99. The molecule has 4 heteroatoms. The lowest BCUT2D eigenvalue weighted by Gasteiger charge is -2.24. The van der Waals surface area contributed by atoms with E-state index >= 15 is 0 Å². The van der Waals surface area contributed by atoms with Crippen molar-refractivity contribution in [3.05, 3.63) is 23.4 Å². The Bertz CT molecular complexity index is 500. The molecule has 0 spiro atoms. The number of pyridine rings is 1. The van der Waals surface area contributed by atoms with E-state index in [1.54, 1.807) is 12.1 Å². The minimum Gasteiger partial charge on any atom is -0.478 e. The maximum absolute atomic E-state index is 11.3. The smallest absolute Gasteiger partial charge is 0.335 e. The number of carboxylic acids is 1. The lowest BCUT2D eigenvalue weighted by molar-refractivity contribution is 0.0696. The molecule has 2 rings (SSSR count). The summed E-state index contributed by atoms with van der Waals surface area (Å²) in [4.78, 5) is 15.9. The molecule has 0 aliphatic heterocycles. The average Bonchev–Trinajstić information content (AvgIpc) is 2.64. The van der Waals surface area contributed by atoms with E-state index in [-0.39, 0.29) is 5.92 Å². The van der Waals surface area contributed by atoms with Gasteiger partial charge in [-0.1, -0.05) is 40.0 Å². The molecular weight excluding hydrogens is 264 g/mol. The Balaban J connectivity index is 2.23. The first-order valence-corrected chi connectivity index (χ1v) is 7.99. The van der Waals surface area contributed by atoms with Gasteiger partial charge in [0.25, 0.3) is 0 Å². The highest BCUT2D eigenvalue weighted by molar-refractivity contribution is 5.88. The second-order valence-electron chi connectivity index (χ2n) is 6.49. The van der Waals surface area contributed by atoms with Gasteiger partial charge in [0.15, 0.2) is 0 Å². The number of carboxylic acid groups (broad SMARTS) is 1. The largest absolute Gasteiger partial charge is 0.478 e. The summed E-state index contributed by atoms with van der Waals surface area (Å²) < 4.78 is 0. The van der Waals surface area contributed by atoms with Crippen molar-refractivity contribution >= 4 is 11.8 Å². The number of rotatable bonds is 4. The quantitative estimate of drug-likeness (QED) is 0.812. The van der Waals surface area contributed by atoms with Crippen molar-refractivity contribution in [2.24, 2.45) is 5.92 Å². The molecule has 0 radical (unpaired) electrons. The number of carbonyl (C=O) groups is 1. The Labute approximate surface area is 127 Å². The third-order valence-corrected chi connectivity index (χ3v) is 4.38. The van der Waals surface area contributed by atoms with Crippen molar-refractivity contribution in [3.63, 3.8) is 0 Å². The van der Waals surface area contributed by atoms with Gasteiger partial charge in [-0.25, -0.2) is 9.78 Å². The van der Waals surface area contributed by atoms with Crippen LogP contribution < -0.4 is 5.32 Å². The summed E-state index contributed by atoms with van der Waals surface area (Å²) in [5, 5.41) is 12.7. The van der Waals surface area contributed by atoms with Gasteiger partial charge in [0.1, 0.15) is 5.82 Å². The molecule has 1 saturated carbocycles. The number of hydrogen-bond acceptors (Lipinski definition) is 3. The summed E-state index contributed by atoms with van der Waals surface area (Å²) in [6.07, 6.45) is 6.18. The topological polar surface area (TPSA) is 62.2 Å². The molecule has 0 aromatic carbocycles. The van der Waals surface area contributed by atoms with Crippen LogP contribution >= 0.6 is 0 Å². The van der Waals surface area contributed by atoms with Crippen LogP contribution in [0.4, 0.5) is 5.82 Å². The van der Waals surface area contributed by atoms with Crippen LogP contribution in [0.25, 0.3) is 0 Å². The van der Waals surface area contributed by atoms with E-state index in [0.29, 0.717) is 23.3 Å². The molecule has 21 heavy (non-hydrogen) atoms. The molecule has 4 nitrogen and oxygen atoms in total. The summed E-state index contributed by atoms with van der Waals surface area (Å²) in [5.74, 6) is 0.635. The highest BCUT2D eigenvalue weighted by Gasteiger charge is 2.21. The molecule has 1 aliphatic rings. The third-order valence-electron chi connectivity index (χ3n) is 4.38. The number of aromatic nitrogens is 1. The fourth-order valence-electron chi connectivity index (χ4n) is 2.94. The molecule has 1 aromatic heterocycles. The van der Waals surface area contributed by atoms with Gasteiger partial charge in [-0.2, -0.15) is 0 Å². The molecular formula is C17H26N2O2. The second kappa shape index (κ2) is 6.92. The van der Waals surface area contributed by atoms with Gasteiger partial charge in [0.05, 0.1) is 5.56 Å². The predicted octanol–water partition coefficient (Wildman–Crippen LogP) is 4.28. The van der Waals surface area contributed by atoms with Crippen LogP contribution in [0.3, 0.4) is 0 Å². The van der Waals surface area contributed by atoms with Crippen LogP contribution in [0.15, 0.2) is 12.1 Å². The maximum Gasteiger partial charge on any atom is 0.335 e. The van der Waals surface area contributed by atoms with Crippen molar-refractivity contribution in [1.82, 2.24) is 4.98 Å². The number of nitrogens with one attached hydrogen (secondary N) is 1. The molecule has 0 saturated heterocycles. The predicted molar refractivity (Wildman–Crippen MR) is 84.9 cm³/mol. The van der Waals surface area contributed by atoms with Crippen LogP contribution in [0.5, 0.6) is 0 Å². The Hall–Kier alpha value is -1.58. The first kappa shape index (κ1) is 15.8. The van der Waals surface area contributed by atoms with Crippen molar-refractivity contribution in [3.8, 4) is 0 Å². The molecule has 116 valence electrons. The van der Waals surface area contributed by atoms with E-state index in [1.807, 2.05) is 13.8 Å². The Morgan fingerprint density at radius 2 is 2.00 bits per heavy atom. The van der Waals surface area contributed by atoms with E-state index < -0.39 is 5.97 Å². The minimum absolute atomic E-state index is 0.219. The summed E-state index contributed by atoms with van der Waals surface area (Å²) in [7, 11) is 0. The van der Waals surface area contributed by atoms with Gasteiger partial charge >= 0.3 is 5.97 Å². The highest BCUT2D eigenvalue weighted by atomic mass is 16.4. The summed E-state index contributed by atoms with van der Waals surface area (Å²) in [5.41, 5.74) is 1.15. The van der Waals surface area contributed by atoms with E-state index in [1.165, 1.54) is 25.7 Å². The molecule has 0 amide bonds. The van der Waals surface area contributed by atoms with Gasteiger partial charge in [-0.05, 0) is 36.8 Å². The second-order valence-corrected chi connectivity index (χ2v) is 6.49. The molecule has 1 aromatic rings. The molecule has 0 bridgehead atoms. The molecule has 1 aliphatic carbocycles. The fourth-order valence-corrected chi connectivity index (χ4v) is 2.94. The summed E-state index contributed by atoms with van der Waals surface area (Å²) in [6.45, 7) is 6.34. The van der Waals surface area contributed by atoms with Gasteiger partial charge in [-0.3, -0.25) is 0 Å². The van der Waals surface area contributed by atoms with E-state index in [4.69, 9.17) is 0 Å². The van der Waals surface area contributed by atoms with Crippen LogP contribution in [0.2, 0.25) is 0 Å². The van der Waals surface area contributed by atoms with E-state index in [0.717, 1.165) is 12.1 Å². The van der Waals surface area contributed by atoms with Crippen molar-refractivity contribution < 1.29 is 9.90 Å². The molecule has 2 unspecified atom stereocenters. The minimum atomic E-state index is -0.892. The van der Waals surface area contributed by atoms with E-state index in [2.05, 4.69) is 17.2 Å². The monoisotopic (exact) mass is 290 g/mol. The van der Waals surface area contributed by atoms with Gasteiger partial charge < -0.3 is 10.4 Å². The lowest BCUT2D eigenvalue weighted by Crippen LogP contribution is -2.27. The van der Waals surface area contributed by atoms with Crippen LogP contribution in [-0.2, 0) is 0 Å². The average molecular weight is 290 g/mol. The normalized spacial score (nSPS) is 22.9. The molecule has 1 heterocycles. The third kappa shape index (κ3) is 4.19. The van der Waals surface area contributed by atoms with Crippen molar-refractivity contribution in [2.75, 3.05) is 5.32 Å². The van der Waals surface area contributed by atoms with Gasteiger partial charge in [-0.15, -0.1) is 0 Å². The van der Waals surface area contributed by atoms with E-state index in [9.17, 15) is 9.90 Å². The van der Waals surface area contributed by atoms with Crippen molar-refractivity contribution in [2.45, 2.75) is 64.8 Å². The summed E-state index contributed by atoms with van der Waals surface area (Å²) in [6, 6.07) is 3.73. The van der Waals surface area contributed by atoms with Gasteiger partial charge in [0.2, 0.25) is 0 Å². The number of aromatic carboxylic acids is 1. The Morgan fingerprint density at radius 1 is 1.29 bits per heavy atom. The SMILES string of the molecule is CC(C)c1cc(C(=O)O)cc(NC2CCCCCC2C)n1. The summed E-state index contributed by atoms with van der Waals surface area (Å²) >= 11 is 0. The zero-order chi connectivity index (χ0) is 15.4. The zero-order valence-electron chi connectivity index (χ0n) is 13.2. The fraction of sp³-hybridized carbons (Fsp3) is 0.647. The van der Waals surface area contributed by atoms with Crippen LogP contribution in [-0.4, -0.2) is 22.1 Å². The molecule has 2 N–H and O–H groups in total. The maximum atomic E-state index is 11.3.